The molecule has 8 nitrogen and oxygen atoms in total. The number of ether oxygens (including phenoxy) is 1. The van der Waals surface area contributed by atoms with Gasteiger partial charge in [-0.15, -0.1) is 0 Å². The molecular formula is C22H25FN6O2. The number of hydrogen-bond acceptors (Lipinski definition) is 6. The fraction of sp³-hybridized carbons (Fsp3) is 0.364. The van der Waals surface area contributed by atoms with Crippen LogP contribution in [0.3, 0.4) is 0 Å². The summed E-state index contributed by atoms with van der Waals surface area (Å²) in [5, 5.41) is 7.25. The van der Waals surface area contributed by atoms with Crippen LogP contribution in [0.1, 0.15) is 32.4 Å². The number of nitrogens with zero attached hydrogens (tertiary/aromatic N) is 5. The molecule has 0 radical (unpaired) electrons. The standard InChI is InChI=1S/C22H25FN6O2/c1-13(2)19-12-31-22(30)29(19)20-7-8-24-21(27-20)26-14(3)17-6-5-15(9-18(17)23)16-10-25-28(4)11-16/h5-11,13-14,19H,12H2,1-4H3,(H,24,26,27)/t14-,19?/m0/s1. The minimum atomic E-state index is -0.423. The van der Waals surface area contributed by atoms with Gasteiger partial charge in [0.1, 0.15) is 18.2 Å². The van der Waals surface area contributed by atoms with Crippen molar-refractivity contribution >= 4 is 17.9 Å². The first-order valence-corrected chi connectivity index (χ1v) is 10.2. The van der Waals surface area contributed by atoms with Gasteiger partial charge in [-0.2, -0.15) is 10.1 Å². The smallest absolute Gasteiger partial charge is 0.415 e. The van der Waals surface area contributed by atoms with Gasteiger partial charge in [-0.3, -0.25) is 9.58 Å². The van der Waals surface area contributed by atoms with E-state index in [0.29, 0.717) is 23.9 Å². The van der Waals surface area contributed by atoms with Crippen molar-refractivity contribution in [3.8, 4) is 11.1 Å². The Kier molecular flexibility index (Phi) is 5.58. The molecule has 1 aromatic carbocycles. The molecule has 162 valence electrons. The number of nitrogens with one attached hydrogen (secondary N) is 1. The molecule has 3 heterocycles. The van der Waals surface area contributed by atoms with E-state index in [1.165, 1.54) is 6.07 Å². The number of carbonyl (C=O) groups excluding carboxylic acids is 1. The summed E-state index contributed by atoms with van der Waals surface area (Å²) < 4.78 is 21.7. The summed E-state index contributed by atoms with van der Waals surface area (Å²) in [4.78, 5) is 22.5. The summed E-state index contributed by atoms with van der Waals surface area (Å²) in [7, 11) is 1.82. The number of hydrogen-bond donors (Lipinski definition) is 1. The summed E-state index contributed by atoms with van der Waals surface area (Å²) in [6.45, 7) is 6.22. The normalized spacial score (nSPS) is 17.2. The molecule has 0 saturated carbocycles. The van der Waals surface area contributed by atoms with Crippen molar-refractivity contribution in [3.05, 3.63) is 54.2 Å². The van der Waals surface area contributed by atoms with Gasteiger partial charge in [-0.25, -0.2) is 14.2 Å². The Morgan fingerprint density at radius 2 is 2.03 bits per heavy atom. The predicted octanol–water partition coefficient (Wildman–Crippen LogP) is 4.17. The molecule has 9 heteroatoms. The number of aromatic nitrogens is 4. The molecule has 1 amide bonds. The minimum Gasteiger partial charge on any atom is -0.447 e. The van der Waals surface area contributed by atoms with E-state index in [0.717, 1.165) is 11.1 Å². The number of anilines is 2. The highest BCUT2D eigenvalue weighted by molar-refractivity contribution is 5.89. The average molecular weight is 424 g/mol. The first-order valence-electron chi connectivity index (χ1n) is 10.2. The number of amides is 1. The van der Waals surface area contributed by atoms with Crippen LogP contribution in [0.5, 0.6) is 0 Å². The molecule has 1 aliphatic heterocycles. The third-order valence-corrected chi connectivity index (χ3v) is 5.41. The highest BCUT2D eigenvalue weighted by atomic mass is 19.1. The van der Waals surface area contributed by atoms with Gasteiger partial charge in [0.15, 0.2) is 0 Å². The van der Waals surface area contributed by atoms with Crippen LogP contribution < -0.4 is 10.2 Å². The van der Waals surface area contributed by atoms with Gasteiger partial charge in [0.2, 0.25) is 5.95 Å². The Morgan fingerprint density at radius 1 is 1.23 bits per heavy atom. The molecule has 1 aliphatic rings. The van der Waals surface area contributed by atoms with Gasteiger partial charge in [-0.05, 0) is 30.5 Å². The zero-order valence-electron chi connectivity index (χ0n) is 17.9. The number of aryl methyl sites for hydroxylation is 1. The maximum Gasteiger partial charge on any atom is 0.415 e. The Morgan fingerprint density at radius 3 is 2.71 bits per heavy atom. The third-order valence-electron chi connectivity index (χ3n) is 5.41. The van der Waals surface area contributed by atoms with Crippen LogP contribution >= 0.6 is 0 Å². The maximum absolute atomic E-state index is 14.8. The van der Waals surface area contributed by atoms with Crippen LogP contribution in [0.25, 0.3) is 11.1 Å². The lowest BCUT2D eigenvalue weighted by atomic mass is 10.0. The van der Waals surface area contributed by atoms with E-state index in [4.69, 9.17) is 4.74 Å². The highest BCUT2D eigenvalue weighted by Crippen LogP contribution is 2.28. The highest BCUT2D eigenvalue weighted by Gasteiger charge is 2.37. The van der Waals surface area contributed by atoms with E-state index >= 15 is 0 Å². The zero-order chi connectivity index (χ0) is 22.1. The molecule has 1 saturated heterocycles. The second kappa shape index (κ2) is 8.33. The predicted molar refractivity (Wildman–Crippen MR) is 115 cm³/mol. The number of rotatable bonds is 6. The van der Waals surface area contributed by atoms with Gasteiger partial charge >= 0.3 is 6.09 Å². The lowest BCUT2D eigenvalue weighted by Crippen LogP contribution is -2.37. The minimum absolute atomic E-state index is 0.0925. The Hall–Kier alpha value is -3.49. The lowest BCUT2D eigenvalue weighted by Gasteiger charge is -2.24. The van der Waals surface area contributed by atoms with Crippen molar-refractivity contribution in [1.29, 1.82) is 0 Å². The van der Waals surface area contributed by atoms with Crippen LogP contribution in [-0.2, 0) is 11.8 Å². The van der Waals surface area contributed by atoms with E-state index in [1.54, 1.807) is 34.1 Å². The zero-order valence-corrected chi connectivity index (χ0v) is 17.9. The molecule has 1 N–H and O–H groups in total. The van der Waals surface area contributed by atoms with Crippen LogP contribution in [0.4, 0.5) is 21.0 Å². The van der Waals surface area contributed by atoms with Crippen molar-refractivity contribution in [3.63, 3.8) is 0 Å². The van der Waals surface area contributed by atoms with Crippen LogP contribution in [-0.4, -0.2) is 38.5 Å². The van der Waals surface area contributed by atoms with E-state index in [2.05, 4.69) is 20.4 Å². The van der Waals surface area contributed by atoms with Crippen LogP contribution in [0.2, 0.25) is 0 Å². The van der Waals surface area contributed by atoms with Gasteiger partial charge in [0.05, 0.1) is 18.3 Å². The molecule has 31 heavy (non-hydrogen) atoms. The van der Waals surface area contributed by atoms with Crippen molar-refractivity contribution in [1.82, 2.24) is 19.7 Å². The number of benzene rings is 1. The Bertz CT molecular complexity index is 1100. The Balaban J connectivity index is 1.53. The molecule has 1 unspecified atom stereocenters. The molecule has 0 bridgehead atoms. The largest absolute Gasteiger partial charge is 0.447 e. The second-order valence-electron chi connectivity index (χ2n) is 8.00. The van der Waals surface area contributed by atoms with E-state index in [9.17, 15) is 9.18 Å². The summed E-state index contributed by atoms with van der Waals surface area (Å²) in [5.74, 6) is 0.644. The fourth-order valence-electron chi connectivity index (χ4n) is 3.64. The lowest BCUT2D eigenvalue weighted by molar-refractivity contribution is 0.177. The van der Waals surface area contributed by atoms with Gasteiger partial charge in [-0.1, -0.05) is 26.0 Å². The number of halogens is 1. The molecule has 3 aromatic rings. The molecule has 2 aromatic heterocycles. The van der Waals surface area contributed by atoms with E-state index in [1.807, 2.05) is 40.1 Å². The second-order valence-corrected chi connectivity index (χ2v) is 8.00. The monoisotopic (exact) mass is 424 g/mol. The quantitative estimate of drug-likeness (QED) is 0.639. The Labute approximate surface area is 180 Å². The molecule has 2 atom stereocenters. The summed E-state index contributed by atoms with van der Waals surface area (Å²) in [5.41, 5.74) is 2.09. The SMILES string of the molecule is CC(C)C1COC(=O)N1c1ccnc(N[C@@H](C)c2ccc(-c3cnn(C)c3)cc2F)n1. The maximum atomic E-state index is 14.8. The van der Waals surface area contributed by atoms with Crippen LogP contribution in [0.15, 0.2) is 42.9 Å². The fourth-order valence-corrected chi connectivity index (χ4v) is 3.64. The molecule has 0 aliphatic carbocycles. The topological polar surface area (TPSA) is 85.2 Å². The number of carbonyl (C=O) groups is 1. The van der Waals surface area contributed by atoms with Gasteiger partial charge in [0, 0.05) is 30.6 Å². The van der Waals surface area contributed by atoms with Gasteiger partial charge in [0.25, 0.3) is 0 Å². The third kappa shape index (κ3) is 4.21. The molecule has 4 rings (SSSR count). The van der Waals surface area contributed by atoms with E-state index in [-0.39, 0.29) is 23.8 Å². The number of cyclic esters (lactones) is 1. The van der Waals surface area contributed by atoms with Crippen molar-refractivity contribution in [2.24, 2.45) is 13.0 Å². The molecule has 0 spiro atoms. The first-order chi connectivity index (χ1) is 14.8. The van der Waals surface area contributed by atoms with Crippen LogP contribution in [0, 0.1) is 11.7 Å². The molecular weight excluding hydrogens is 399 g/mol. The first kappa shape index (κ1) is 20.8. The van der Waals surface area contributed by atoms with Gasteiger partial charge < -0.3 is 10.1 Å². The van der Waals surface area contributed by atoms with Crippen molar-refractivity contribution in [2.75, 3.05) is 16.8 Å². The molecule has 1 fully saturated rings. The average Bonchev–Trinajstić information content (AvgIpc) is 3.33. The van der Waals surface area contributed by atoms with Crippen molar-refractivity contribution < 1.29 is 13.9 Å². The summed E-state index contributed by atoms with van der Waals surface area (Å²) in [6, 6.07) is 6.29. The summed E-state index contributed by atoms with van der Waals surface area (Å²) >= 11 is 0. The summed E-state index contributed by atoms with van der Waals surface area (Å²) in [6.07, 6.45) is 4.68. The van der Waals surface area contributed by atoms with E-state index < -0.39 is 6.09 Å². The van der Waals surface area contributed by atoms with Crippen molar-refractivity contribution in [2.45, 2.75) is 32.9 Å².